The van der Waals surface area contributed by atoms with Crippen molar-refractivity contribution in [2.45, 2.75) is 5.75 Å². The van der Waals surface area contributed by atoms with E-state index in [1.807, 2.05) is 17.5 Å². The summed E-state index contributed by atoms with van der Waals surface area (Å²) < 4.78 is 24.2. The highest BCUT2D eigenvalue weighted by Gasteiger charge is 2.07. The fourth-order valence-corrected chi connectivity index (χ4v) is 3.18. The Bertz CT molecular complexity index is 713. The number of ether oxygens (including phenoxy) is 1. The average Bonchev–Trinajstić information content (AvgIpc) is 3.19. The SMILES string of the molecule is Fc1ccccc1OCCSCc1coc(-c2cccs2)n1. The summed E-state index contributed by atoms with van der Waals surface area (Å²) in [5, 5.41) is 1.99. The second-order valence-corrected chi connectivity index (χ2v) is 6.51. The van der Waals surface area contributed by atoms with Gasteiger partial charge in [0.2, 0.25) is 5.89 Å². The van der Waals surface area contributed by atoms with E-state index in [0.717, 1.165) is 22.1 Å². The molecular weight excluding hydrogens is 321 g/mol. The lowest BCUT2D eigenvalue weighted by Gasteiger charge is -2.05. The van der Waals surface area contributed by atoms with Crippen molar-refractivity contribution in [3.8, 4) is 16.5 Å². The third-order valence-corrected chi connectivity index (χ3v) is 4.67. The molecule has 22 heavy (non-hydrogen) atoms. The molecule has 0 amide bonds. The van der Waals surface area contributed by atoms with Gasteiger partial charge < -0.3 is 9.15 Å². The van der Waals surface area contributed by atoms with Crippen LogP contribution in [0.2, 0.25) is 0 Å². The van der Waals surface area contributed by atoms with Crippen molar-refractivity contribution < 1.29 is 13.5 Å². The van der Waals surface area contributed by atoms with Crippen LogP contribution in [-0.4, -0.2) is 17.3 Å². The van der Waals surface area contributed by atoms with Gasteiger partial charge in [-0.2, -0.15) is 11.8 Å². The second-order valence-electron chi connectivity index (χ2n) is 4.45. The Morgan fingerprint density at radius 2 is 2.14 bits per heavy atom. The Labute approximate surface area is 136 Å². The molecule has 0 aliphatic rings. The molecule has 0 radical (unpaired) electrons. The van der Waals surface area contributed by atoms with Crippen molar-refractivity contribution >= 4 is 23.1 Å². The molecule has 0 fully saturated rings. The molecule has 2 aromatic heterocycles. The van der Waals surface area contributed by atoms with Crippen molar-refractivity contribution in [1.82, 2.24) is 4.98 Å². The van der Waals surface area contributed by atoms with E-state index < -0.39 is 0 Å². The van der Waals surface area contributed by atoms with Gasteiger partial charge in [-0.05, 0) is 23.6 Å². The van der Waals surface area contributed by atoms with E-state index in [0.29, 0.717) is 18.2 Å². The molecule has 3 nitrogen and oxygen atoms in total. The molecule has 0 saturated heterocycles. The lowest BCUT2D eigenvalue weighted by molar-refractivity contribution is 0.325. The van der Waals surface area contributed by atoms with E-state index in [2.05, 4.69) is 4.98 Å². The number of halogens is 1. The van der Waals surface area contributed by atoms with Crippen LogP contribution in [0.4, 0.5) is 4.39 Å². The van der Waals surface area contributed by atoms with Crippen LogP contribution < -0.4 is 4.74 Å². The second kappa shape index (κ2) is 7.47. The minimum absolute atomic E-state index is 0.296. The van der Waals surface area contributed by atoms with Gasteiger partial charge in [-0.25, -0.2) is 9.37 Å². The van der Waals surface area contributed by atoms with E-state index >= 15 is 0 Å². The molecule has 0 aliphatic heterocycles. The van der Waals surface area contributed by atoms with Gasteiger partial charge in [-0.3, -0.25) is 0 Å². The minimum atomic E-state index is -0.329. The molecule has 0 atom stereocenters. The van der Waals surface area contributed by atoms with Crippen LogP contribution in [0, 0.1) is 5.82 Å². The van der Waals surface area contributed by atoms with E-state index in [9.17, 15) is 4.39 Å². The van der Waals surface area contributed by atoms with Crippen LogP contribution >= 0.6 is 23.1 Å². The lowest BCUT2D eigenvalue weighted by atomic mass is 10.3. The number of rotatable bonds is 7. The summed E-state index contributed by atoms with van der Waals surface area (Å²) in [5.74, 6) is 2.13. The molecule has 0 N–H and O–H groups in total. The predicted molar refractivity (Wildman–Crippen MR) is 87.9 cm³/mol. The zero-order chi connectivity index (χ0) is 15.2. The quantitative estimate of drug-likeness (QED) is 0.578. The molecule has 114 valence electrons. The van der Waals surface area contributed by atoms with Crippen molar-refractivity contribution in [3.63, 3.8) is 0 Å². The Balaban J connectivity index is 1.41. The largest absolute Gasteiger partial charge is 0.490 e. The summed E-state index contributed by atoms with van der Waals surface area (Å²) in [5.41, 5.74) is 0.902. The summed E-state index contributed by atoms with van der Waals surface area (Å²) in [7, 11) is 0. The number of thioether (sulfide) groups is 1. The molecule has 3 rings (SSSR count). The molecule has 2 heterocycles. The standard InChI is InChI=1S/C16H14FNO2S2/c17-13-4-1-2-5-14(13)19-7-9-21-11-12-10-20-16(18-12)15-6-3-8-22-15/h1-6,8,10H,7,9,11H2. The smallest absolute Gasteiger partial charge is 0.236 e. The molecule has 0 spiro atoms. The van der Waals surface area contributed by atoms with Crippen LogP contribution in [0.5, 0.6) is 5.75 Å². The molecule has 0 saturated carbocycles. The lowest BCUT2D eigenvalue weighted by Crippen LogP contribution is -2.01. The van der Waals surface area contributed by atoms with Crippen LogP contribution in [0.15, 0.2) is 52.5 Å². The Kier molecular flexibility index (Phi) is 5.13. The maximum Gasteiger partial charge on any atom is 0.236 e. The number of hydrogen-bond acceptors (Lipinski definition) is 5. The summed E-state index contributed by atoms with van der Waals surface area (Å²) in [6.07, 6.45) is 1.68. The van der Waals surface area contributed by atoms with Gasteiger partial charge >= 0.3 is 0 Å². The van der Waals surface area contributed by atoms with Crippen molar-refractivity contribution in [1.29, 1.82) is 0 Å². The van der Waals surface area contributed by atoms with Gasteiger partial charge in [0.15, 0.2) is 11.6 Å². The highest BCUT2D eigenvalue weighted by Crippen LogP contribution is 2.25. The first-order valence-corrected chi connectivity index (χ1v) is 8.80. The Morgan fingerprint density at radius 3 is 2.95 bits per heavy atom. The van der Waals surface area contributed by atoms with E-state index in [1.54, 1.807) is 47.6 Å². The molecule has 0 unspecified atom stereocenters. The highest BCUT2D eigenvalue weighted by atomic mass is 32.2. The number of benzene rings is 1. The minimum Gasteiger partial charge on any atom is -0.490 e. The van der Waals surface area contributed by atoms with Gasteiger partial charge in [-0.1, -0.05) is 18.2 Å². The summed E-state index contributed by atoms with van der Waals surface area (Å²) in [6.45, 7) is 0.460. The molecule has 0 aliphatic carbocycles. The Morgan fingerprint density at radius 1 is 1.23 bits per heavy atom. The average molecular weight is 335 g/mol. The van der Waals surface area contributed by atoms with Gasteiger partial charge in [0, 0.05) is 11.5 Å². The highest BCUT2D eigenvalue weighted by molar-refractivity contribution is 7.98. The van der Waals surface area contributed by atoms with Crippen LogP contribution in [0.3, 0.4) is 0 Å². The van der Waals surface area contributed by atoms with Crippen molar-refractivity contribution in [3.05, 3.63) is 59.6 Å². The van der Waals surface area contributed by atoms with Gasteiger partial charge in [0.05, 0.1) is 17.2 Å². The van der Waals surface area contributed by atoms with Crippen LogP contribution in [0.1, 0.15) is 5.69 Å². The van der Waals surface area contributed by atoms with Crippen molar-refractivity contribution in [2.75, 3.05) is 12.4 Å². The van der Waals surface area contributed by atoms with Gasteiger partial charge in [0.25, 0.3) is 0 Å². The predicted octanol–water partition coefficient (Wildman–Crippen LogP) is 4.85. The maximum atomic E-state index is 13.3. The third-order valence-electron chi connectivity index (χ3n) is 2.86. The molecule has 6 heteroatoms. The first-order valence-electron chi connectivity index (χ1n) is 6.76. The van der Waals surface area contributed by atoms with Crippen molar-refractivity contribution in [2.24, 2.45) is 0 Å². The monoisotopic (exact) mass is 335 g/mol. The third kappa shape index (κ3) is 3.90. The van der Waals surface area contributed by atoms with Gasteiger partial charge in [0.1, 0.15) is 6.26 Å². The number of aromatic nitrogens is 1. The topological polar surface area (TPSA) is 35.3 Å². The van der Waals surface area contributed by atoms with Crippen LogP contribution in [0.25, 0.3) is 10.8 Å². The molecule has 1 aromatic carbocycles. The van der Waals surface area contributed by atoms with E-state index in [1.165, 1.54) is 6.07 Å². The molecule has 3 aromatic rings. The number of oxazole rings is 1. The number of hydrogen-bond donors (Lipinski definition) is 0. The maximum absolute atomic E-state index is 13.3. The molecule has 0 bridgehead atoms. The fraction of sp³-hybridized carbons (Fsp3) is 0.188. The first kappa shape index (κ1) is 15.1. The number of para-hydroxylation sites is 1. The van der Waals surface area contributed by atoms with E-state index in [4.69, 9.17) is 9.15 Å². The molecular formula is C16H14FNO2S2. The zero-order valence-corrected chi connectivity index (χ0v) is 13.3. The summed E-state index contributed by atoms with van der Waals surface area (Å²) >= 11 is 3.28. The zero-order valence-electron chi connectivity index (χ0n) is 11.7. The van der Waals surface area contributed by atoms with E-state index in [-0.39, 0.29) is 5.82 Å². The number of thiophene rings is 1. The van der Waals surface area contributed by atoms with Gasteiger partial charge in [-0.15, -0.1) is 11.3 Å². The normalized spacial score (nSPS) is 10.8. The summed E-state index contributed by atoms with van der Waals surface area (Å²) in [4.78, 5) is 5.47. The Hall–Kier alpha value is -1.79. The fourth-order valence-electron chi connectivity index (χ4n) is 1.84. The first-order chi connectivity index (χ1) is 10.8. The number of nitrogens with zero attached hydrogens (tertiary/aromatic N) is 1. The summed E-state index contributed by atoms with van der Waals surface area (Å²) in [6, 6.07) is 10.4. The van der Waals surface area contributed by atoms with Crippen LogP contribution in [-0.2, 0) is 5.75 Å².